The van der Waals surface area contributed by atoms with Crippen LogP contribution in [0.1, 0.15) is 33.5 Å². The second-order valence-electron chi connectivity index (χ2n) is 4.11. The maximum absolute atomic E-state index is 8.63. The van der Waals surface area contributed by atoms with Gasteiger partial charge in [-0.05, 0) is 6.92 Å². The average Bonchev–Trinajstić information content (AvgIpc) is 2.51. The Morgan fingerprint density at radius 2 is 2.14 bits per heavy atom. The monoisotopic (exact) mass is 210 g/mol. The molecule has 0 saturated carbocycles. The van der Waals surface area contributed by atoms with Crippen molar-refractivity contribution in [2.45, 2.75) is 43.5 Å². The molecule has 1 N–H and O–H groups in total. The highest BCUT2D eigenvalue weighted by molar-refractivity contribution is 7.99. The second kappa shape index (κ2) is 4.01. The van der Waals surface area contributed by atoms with Gasteiger partial charge in [-0.1, -0.05) is 32.5 Å². The molecule has 1 heterocycles. The summed E-state index contributed by atoms with van der Waals surface area (Å²) < 4.78 is 0. The van der Waals surface area contributed by atoms with Crippen LogP contribution in [0.5, 0.6) is 0 Å². The van der Waals surface area contributed by atoms with E-state index >= 15 is 0 Å². The maximum Gasteiger partial charge on any atom is 0.209 e. The van der Waals surface area contributed by atoms with Crippen LogP contribution in [0, 0.1) is 11.3 Å². The number of hydrogen-bond acceptors (Lipinski definition) is 4. The first-order valence-corrected chi connectivity index (χ1v) is 5.30. The zero-order chi connectivity index (χ0) is 10.8. The number of H-pyrrole nitrogens is 1. The zero-order valence-electron chi connectivity index (χ0n) is 8.83. The van der Waals surface area contributed by atoms with Crippen molar-refractivity contribution >= 4 is 11.8 Å². The first-order chi connectivity index (χ1) is 6.43. The fourth-order valence-electron chi connectivity index (χ4n) is 0.819. The summed E-state index contributed by atoms with van der Waals surface area (Å²) in [6.45, 7) is 8.03. The minimum atomic E-state index is -0.112. The molecule has 0 bridgehead atoms. The zero-order valence-corrected chi connectivity index (χ0v) is 9.64. The Balaban J connectivity index is 2.75. The van der Waals surface area contributed by atoms with Crippen molar-refractivity contribution in [3.63, 3.8) is 0 Å². The third-order valence-electron chi connectivity index (χ3n) is 1.64. The SMILES string of the molecule is C[C@@H](C#N)Sc1n[nH]c(C(C)(C)C)n1. The van der Waals surface area contributed by atoms with Crippen LogP contribution in [0.2, 0.25) is 0 Å². The molecule has 76 valence electrons. The topological polar surface area (TPSA) is 65.4 Å². The number of aromatic nitrogens is 3. The summed E-state index contributed by atoms with van der Waals surface area (Å²) >= 11 is 1.37. The Kier molecular flexibility index (Phi) is 3.17. The third kappa shape index (κ3) is 2.74. The fourth-order valence-corrected chi connectivity index (χ4v) is 1.43. The normalized spacial score (nSPS) is 13.6. The van der Waals surface area contributed by atoms with E-state index in [9.17, 15) is 0 Å². The molecule has 0 aliphatic heterocycles. The molecule has 1 atom stereocenters. The van der Waals surface area contributed by atoms with Crippen molar-refractivity contribution in [3.05, 3.63) is 5.82 Å². The van der Waals surface area contributed by atoms with Crippen LogP contribution in [-0.2, 0) is 5.41 Å². The van der Waals surface area contributed by atoms with Gasteiger partial charge in [0, 0.05) is 5.41 Å². The van der Waals surface area contributed by atoms with Gasteiger partial charge >= 0.3 is 0 Å². The lowest BCUT2D eigenvalue weighted by Crippen LogP contribution is -2.13. The minimum Gasteiger partial charge on any atom is -0.262 e. The molecular formula is C9H14N4S. The Morgan fingerprint density at radius 1 is 1.50 bits per heavy atom. The van der Waals surface area contributed by atoms with Crippen LogP contribution in [0.15, 0.2) is 5.16 Å². The van der Waals surface area contributed by atoms with Crippen molar-refractivity contribution in [3.8, 4) is 6.07 Å². The molecule has 0 aliphatic rings. The first-order valence-electron chi connectivity index (χ1n) is 4.42. The summed E-state index contributed by atoms with van der Waals surface area (Å²) in [4.78, 5) is 4.31. The molecule has 0 saturated heterocycles. The smallest absolute Gasteiger partial charge is 0.209 e. The van der Waals surface area contributed by atoms with E-state index < -0.39 is 0 Å². The van der Waals surface area contributed by atoms with Gasteiger partial charge in [-0.15, -0.1) is 5.10 Å². The molecule has 14 heavy (non-hydrogen) atoms. The molecule has 0 spiro atoms. The van der Waals surface area contributed by atoms with Gasteiger partial charge < -0.3 is 0 Å². The molecule has 0 radical (unpaired) electrons. The van der Waals surface area contributed by atoms with E-state index in [4.69, 9.17) is 5.26 Å². The number of nitrogens with zero attached hydrogens (tertiary/aromatic N) is 3. The molecule has 1 aromatic heterocycles. The van der Waals surface area contributed by atoms with E-state index in [0.29, 0.717) is 5.16 Å². The molecule has 0 aromatic carbocycles. The van der Waals surface area contributed by atoms with Crippen LogP contribution in [0.4, 0.5) is 0 Å². The van der Waals surface area contributed by atoms with Crippen molar-refractivity contribution < 1.29 is 0 Å². The van der Waals surface area contributed by atoms with Crippen LogP contribution in [-0.4, -0.2) is 20.4 Å². The quantitative estimate of drug-likeness (QED) is 0.759. The fraction of sp³-hybridized carbons (Fsp3) is 0.667. The molecular weight excluding hydrogens is 196 g/mol. The lowest BCUT2D eigenvalue weighted by atomic mass is 9.96. The number of hydrogen-bond donors (Lipinski definition) is 1. The van der Waals surface area contributed by atoms with Gasteiger partial charge in [0.25, 0.3) is 0 Å². The lowest BCUT2D eigenvalue weighted by Gasteiger charge is -2.12. The van der Waals surface area contributed by atoms with Crippen LogP contribution < -0.4 is 0 Å². The van der Waals surface area contributed by atoms with Gasteiger partial charge in [0.2, 0.25) is 5.16 Å². The highest BCUT2D eigenvalue weighted by Crippen LogP contribution is 2.23. The molecule has 1 aromatic rings. The van der Waals surface area contributed by atoms with E-state index in [2.05, 4.69) is 42.0 Å². The van der Waals surface area contributed by atoms with Gasteiger partial charge in [-0.2, -0.15) is 5.26 Å². The molecule has 0 aliphatic carbocycles. The van der Waals surface area contributed by atoms with Crippen LogP contribution in [0.3, 0.4) is 0 Å². The molecule has 0 unspecified atom stereocenters. The van der Waals surface area contributed by atoms with E-state index in [-0.39, 0.29) is 10.7 Å². The first kappa shape index (κ1) is 11.1. The largest absolute Gasteiger partial charge is 0.262 e. The Hall–Kier alpha value is -1.02. The summed E-state index contributed by atoms with van der Waals surface area (Å²) in [6, 6.07) is 2.13. The highest BCUT2D eigenvalue weighted by atomic mass is 32.2. The summed E-state index contributed by atoms with van der Waals surface area (Å²) in [5, 5.41) is 16.1. The molecule has 0 amide bonds. The van der Waals surface area contributed by atoms with Crippen LogP contribution in [0.25, 0.3) is 0 Å². The van der Waals surface area contributed by atoms with Gasteiger partial charge in [0.15, 0.2) is 0 Å². The predicted octanol–water partition coefficient (Wildman–Crippen LogP) is 2.11. The molecule has 1 rings (SSSR count). The molecule has 0 fully saturated rings. The van der Waals surface area contributed by atoms with Gasteiger partial charge in [0.05, 0.1) is 11.3 Å². The maximum atomic E-state index is 8.63. The van der Waals surface area contributed by atoms with E-state index in [0.717, 1.165) is 5.82 Å². The van der Waals surface area contributed by atoms with E-state index in [1.165, 1.54) is 11.8 Å². The average molecular weight is 210 g/mol. The Labute approximate surface area is 88.1 Å². The highest BCUT2D eigenvalue weighted by Gasteiger charge is 2.19. The van der Waals surface area contributed by atoms with Gasteiger partial charge in [0.1, 0.15) is 5.82 Å². The van der Waals surface area contributed by atoms with Crippen molar-refractivity contribution in [1.29, 1.82) is 5.26 Å². The summed E-state index contributed by atoms with van der Waals surface area (Å²) in [5.74, 6) is 0.852. The van der Waals surface area contributed by atoms with Crippen molar-refractivity contribution in [1.82, 2.24) is 15.2 Å². The van der Waals surface area contributed by atoms with Crippen molar-refractivity contribution in [2.75, 3.05) is 0 Å². The van der Waals surface area contributed by atoms with Gasteiger partial charge in [-0.3, -0.25) is 5.10 Å². The Morgan fingerprint density at radius 3 is 2.57 bits per heavy atom. The van der Waals surface area contributed by atoms with E-state index in [1.54, 1.807) is 0 Å². The number of thioether (sulfide) groups is 1. The Bertz CT molecular complexity index is 344. The van der Waals surface area contributed by atoms with Gasteiger partial charge in [-0.25, -0.2) is 4.98 Å². The number of nitrogens with one attached hydrogen (secondary N) is 1. The summed E-state index contributed by atoms with van der Waals surface area (Å²) in [5.41, 5.74) is -0.0261. The third-order valence-corrected chi connectivity index (χ3v) is 2.49. The molecule has 4 nitrogen and oxygen atoms in total. The second-order valence-corrected chi connectivity index (χ2v) is 5.41. The lowest BCUT2D eigenvalue weighted by molar-refractivity contribution is 0.547. The minimum absolute atomic E-state index is 0.0261. The summed E-state index contributed by atoms with van der Waals surface area (Å²) in [6.07, 6.45) is 0. The standard InChI is InChI=1S/C9H14N4S/c1-6(5-10)14-8-11-7(12-13-8)9(2,3)4/h6H,1-4H3,(H,11,12,13)/t6-/m0/s1. The number of aromatic amines is 1. The molecule has 5 heteroatoms. The number of rotatable bonds is 2. The van der Waals surface area contributed by atoms with Crippen LogP contribution >= 0.6 is 11.8 Å². The summed E-state index contributed by atoms with van der Waals surface area (Å²) in [7, 11) is 0. The van der Waals surface area contributed by atoms with Crippen molar-refractivity contribution in [2.24, 2.45) is 0 Å². The predicted molar refractivity (Wildman–Crippen MR) is 56.0 cm³/mol. The van der Waals surface area contributed by atoms with E-state index in [1.807, 2.05) is 6.92 Å². The number of nitriles is 1.